The number of hydrogen-bond acceptors (Lipinski definition) is 2. The van der Waals surface area contributed by atoms with Crippen LogP contribution in [0.25, 0.3) is 0 Å². The summed E-state index contributed by atoms with van der Waals surface area (Å²) in [6.45, 7) is 1.90. The molecule has 0 aromatic carbocycles. The molecule has 1 fully saturated rings. The Morgan fingerprint density at radius 1 is 1.44 bits per heavy atom. The van der Waals surface area contributed by atoms with Crippen molar-refractivity contribution in [2.24, 2.45) is 0 Å². The first kappa shape index (κ1) is 13.3. The van der Waals surface area contributed by atoms with Crippen LogP contribution in [0.3, 0.4) is 0 Å². The second kappa shape index (κ2) is 5.52. The minimum Gasteiger partial charge on any atom is -0.353 e. The van der Waals surface area contributed by atoms with Crippen LogP contribution < -0.4 is 10.6 Å². The third kappa shape index (κ3) is 6.66. The highest BCUT2D eigenvalue weighted by molar-refractivity contribution is 5.76. The van der Waals surface area contributed by atoms with Crippen molar-refractivity contribution >= 4 is 5.91 Å². The molecule has 1 amide bonds. The summed E-state index contributed by atoms with van der Waals surface area (Å²) in [6, 6.07) is -0.339. The van der Waals surface area contributed by atoms with Crippen molar-refractivity contribution in [1.29, 1.82) is 0 Å². The van der Waals surface area contributed by atoms with Crippen LogP contribution >= 0.6 is 0 Å². The summed E-state index contributed by atoms with van der Waals surface area (Å²) in [5.74, 6) is -0.329. The Labute approximate surface area is 92.8 Å². The molecule has 0 heterocycles. The second-order valence-corrected chi connectivity index (χ2v) is 4.27. The third-order valence-electron chi connectivity index (χ3n) is 2.31. The Kier molecular flexibility index (Phi) is 4.58. The summed E-state index contributed by atoms with van der Waals surface area (Å²) in [5.41, 5.74) is 0. The fourth-order valence-corrected chi connectivity index (χ4v) is 1.42. The summed E-state index contributed by atoms with van der Waals surface area (Å²) in [5, 5.41) is 5.46. The molecule has 0 spiro atoms. The van der Waals surface area contributed by atoms with E-state index < -0.39 is 18.6 Å². The van der Waals surface area contributed by atoms with E-state index in [1.165, 1.54) is 6.92 Å². The fraction of sp³-hybridized carbons (Fsp3) is 0.900. The molecule has 1 aliphatic carbocycles. The van der Waals surface area contributed by atoms with Crippen LogP contribution in [-0.4, -0.2) is 30.7 Å². The highest BCUT2D eigenvalue weighted by atomic mass is 19.4. The predicted molar refractivity (Wildman–Crippen MR) is 53.9 cm³/mol. The third-order valence-corrected chi connectivity index (χ3v) is 2.31. The lowest BCUT2D eigenvalue weighted by Gasteiger charge is -2.15. The molecule has 0 bridgehead atoms. The molecule has 0 saturated heterocycles. The molecule has 3 nitrogen and oxygen atoms in total. The lowest BCUT2D eigenvalue weighted by atomic mass is 10.2. The van der Waals surface area contributed by atoms with Crippen molar-refractivity contribution in [2.45, 2.75) is 50.9 Å². The van der Waals surface area contributed by atoms with Crippen LogP contribution in [0.1, 0.15) is 32.6 Å². The van der Waals surface area contributed by atoms with Gasteiger partial charge < -0.3 is 10.6 Å². The minimum atomic E-state index is -4.22. The maximum atomic E-state index is 12.0. The Morgan fingerprint density at radius 2 is 2.06 bits per heavy atom. The average Bonchev–Trinajstić information content (AvgIpc) is 2.83. The lowest BCUT2D eigenvalue weighted by molar-refractivity contribution is -0.141. The maximum absolute atomic E-state index is 12.0. The first-order valence-corrected chi connectivity index (χ1v) is 5.46. The summed E-state index contributed by atoms with van der Waals surface area (Å²) in [6.07, 6.45) is -2.70. The van der Waals surface area contributed by atoms with E-state index in [-0.39, 0.29) is 12.3 Å². The largest absolute Gasteiger partial charge is 0.391 e. The van der Waals surface area contributed by atoms with Crippen molar-refractivity contribution in [3.8, 4) is 0 Å². The molecule has 1 aliphatic rings. The Balaban J connectivity index is 2.07. The second-order valence-electron chi connectivity index (χ2n) is 4.27. The van der Waals surface area contributed by atoms with E-state index in [9.17, 15) is 18.0 Å². The maximum Gasteiger partial charge on any atom is 0.391 e. The van der Waals surface area contributed by atoms with Crippen molar-refractivity contribution in [2.75, 3.05) is 6.54 Å². The summed E-state index contributed by atoms with van der Waals surface area (Å²) in [7, 11) is 0. The van der Waals surface area contributed by atoms with Gasteiger partial charge in [0.25, 0.3) is 0 Å². The topological polar surface area (TPSA) is 41.1 Å². The van der Waals surface area contributed by atoms with Gasteiger partial charge in [-0.1, -0.05) is 0 Å². The van der Waals surface area contributed by atoms with Crippen molar-refractivity contribution in [1.82, 2.24) is 10.6 Å². The molecule has 0 aromatic heterocycles. The van der Waals surface area contributed by atoms with Gasteiger partial charge in [0.1, 0.15) is 0 Å². The van der Waals surface area contributed by atoms with E-state index in [2.05, 4.69) is 10.6 Å². The SMILES string of the molecule is CC(CC(F)(F)F)NC(=O)CCNC1CC1. The molecule has 1 atom stereocenters. The van der Waals surface area contributed by atoms with Gasteiger partial charge in [0.15, 0.2) is 0 Å². The van der Waals surface area contributed by atoms with Crippen LogP contribution in [0.4, 0.5) is 13.2 Å². The molecule has 0 radical (unpaired) electrons. The summed E-state index contributed by atoms with van der Waals surface area (Å²) >= 11 is 0. The fourth-order valence-electron chi connectivity index (χ4n) is 1.42. The van der Waals surface area contributed by atoms with E-state index >= 15 is 0 Å². The Hall–Kier alpha value is -0.780. The molecule has 6 heteroatoms. The Morgan fingerprint density at radius 3 is 2.56 bits per heavy atom. The smallest absolute Gasteiger partial charge is 0.353 e. The normalized spacial score (nSPS) is 18.2. The predicted octanol–water partition coefficient (Wildman–Crippen LogP) is 1.59. The lowest BCUT2D eigenvalue weighted by Crippen LogP contribution is -2.37. The number of amides is 1. The summed E-state index contributed by atoms with van der Waals surface area (Å²) < 4.78 is 35.9. The van der Waals surface area contributed by atoms with Gasteiger partial charge in [0.2, 0.25) is 5.91 Å². The number of carbonyl (C=O) groups excluding carboxylic acids is 1. The number of alkyl halides is 3. The molecule has 1 saturated carbocycles. The average molecular weight is 238 g/mol. The van der Waals surface area contributed by atoms with E-state index in [0.717, 1.165) is 12.8 Å². The Bertz CT molecular complexity index is 239. The van der Waals surface area contributed by atoms with Crippen molar-refractivity contribution in [3.63, 3.8) is 0 Å². The van der Waals surface area contributed by atoms with Gasteiger partial charge in [-0.3, -0.25) is 4.79 Å². The van der Waals surface area contributed by atoms with Crippen molar-refractivity contribution < 1.29 is 18.0 Å². The number of hydrogen-bond donors (Lipinski definition) is 2. The minimum absolute atomic E-state index is 0.235. The first-order valence-electron chi connectivity index (χ1n) is 5.46. The molecule has 0 aromatic rings. The summed E-state index contributed by atoms with van der Waals surface area (Å²) in [4.78, 5) is 11.2. The van der Waals surface area contributed by atoms with E-state index in [4.69, 9.17) is 0 Å². The molecule has 1 rings (SSSR count). The van der Waals surface area contributed by atoms with Crippen LogP contribution in [0.2, 0.25) is 0 Å². The van der Waals surface area contributed by atoms with E-state index in [1.807, 2.05) is 0 Å². The van der Waals surface area contributed by atoms with Gasteiger partial charge in [-0.2, -0.15) is 13.2 Å². The molecule has 0 aliphatic heterocycles. The molecular formula is C10H17F3N2O. The van der Waals surface area contributed by atoms with Gasteiger partial charge in [0, 0.05) is 25.0 Å². The van der Waals surface area contributed by atoms with Crippen LogP contribution in [0.15, 0.2) is 0 Å². The number of halogens is 3. The highest BCUT2D eigenvalue weighted by Crippen LogP contribution is 2.21. The van der Waals surface area contributed by atoms with Gasteiger partial charge in [0.05, 0.1) is 6.42 Å². The van der Waals surface area contributed by atoms with Crippen molar-refractivity contribution in [3.05, 3.63) is 0 Å². The van der Waals surface area contributed by atoms with Gasteiger partial charge in [-0.25, -0.2) is 0 Å². The van der Waals surface area contributed by atoms with Gasteiger partial charge >= 0.3 is 6.18 Å². The van der Waals surface area contributed by atoms with E-state index in [0.29, 0.717) is 12.6 Å². The monoisotopic (exact) mass is 238 g/mol. The standard InChI is InChI=1S/C10H17F3N2O/c1-7(6-10(11,12)13)15-9(16)4-5-14-8-2-3-8/h7-8,14H,2-6H2,1H3,(H,15,16). The van der Waals surface area contributed by atoms with Gasteiger partial charge in [-0.05, 0) is 19.8 Å². The van der Waals surface area contributed by atoms with Crippen LogP contribution in [0.5, 0.6) is 0 Å². The number of carbonyl (C=O) groups is 1. The molecule has 94 valence electrons. The molecular weight excluding hydrogens is 221 g/mol. The van der Waals surface area contributed by atoms with Crippen LogP contribution in [0, 0.1) is 0 Å². The zero-order chi connectivity index (χ0) is 12.2. The first-order chi connectivity index (χ1) is 7.37. The number of nitrogens with one attached hydrogen (secondary N) is 2. The molecule has 1 unspecified atom stereocenters. The quantitative estimate of drug-likeness (QED) is 0.737. The van der Waals surface area contributed by atoms with E-state index in [1.54, 1.807) is 0 Å². The highest BCUT2D eigenvalue weighted by Gasteiger charge is 2.30. The van der Waals surface area contributed by atoms with Crippen LogP contribution in [-0.2, 0) is 4.79 Å². The molecule has 16 heavy (non-hydrogen) atoms. The molecule has 2 N–H and O–H groups in total. The number of rotatable bonds is 6. The zero-order valence-corrected chi connectivity index (χ0v) is 9.23. The van der Waals surface area contributed by atoms with Gasteiger partial charge in [-0.15, -0.1) is 0 Å². The zero-order valence-electron chi connectivity index (χ0n) is 9.23.